The first kappa shape index (κ1) is 13.5. The van der Waals surface area contributed by atoms with Crippen LogP contribution in [0.1, 0.15) is 35.0 Å². The maximum Gasteiger partial charge on any atom is 0.254 e. The molecule has 1 amide bonds. The van der Waals surface area contributed by atoms with E-state index in [0.717, 1.165) is 40.7 Å². The predicted octanol–water partition coefficient (Wildman–Crippen LogP) is 3.33. The molecule has 2 aromatic rings. The van der Waals surface area contributed by atoms with Gasteiger partial charge in [-0.05, 0) is 31.9 Å². The normalized spacial score (nSPS) is 10.7. The molecule has 100 valence electrons. The third-order valence-corrected chi connectivity index (χ3v) is 3.31. The second kappa shape index (κ2) is 5.39. The smallest absolute Gasteiger partial charge is 0.254 e. The van der Waals surface area contributed by atoms with Crippen LogP contribution in [0.15, 0.2) is 24.3 Å². The molecule has 1 aromatic heterocycles. The number of pyridine rings is 1. The Balaban J connectivity index is 2.60. The second-order valence-corrected chi connectivity index (χ2v) is 5.01. The van der Waals surface area contributed by atoms with Crippen molar-refractivity contribution < 1.29 is 4.79 Å². The lowest BCUT2D eigenvalue weighted by molar-refractivity contribution is 0.0797. The zero-order valence-corrected chi connectivity index (χ0v) is 12.0. The lowest BCUT2D eigenvalue weighted by atomic mass is 10.0. The summed E-state index contributed by atoms with van der Waals surface area (Å²) in [6.45, 7) is 6.80. The van der Waals surface area contributed by atoms with Crippen molar-refractivity contribution in [3.05, 3.63) is 41.1 Å². The molecule has 19 heavy (non-hydrogen) atoms. The number of carbonyl (C=O) groups excluding carboxylic acids is 1. The van der Waals surface area contributed by atoms with Gasteiger partial charge in [0.15, 0.2) is 0 Å². The number of carbonyl (C=O) groups is 1. The summed E-state index contributed by atoms with van der Waals surface area (Å²) in [5.41, 5.74) is 3.67. The topological polar surface area (TPSA) is 33.2 Å². The van der Waals surface area contributed by atoms with Crippen molar-refractivity contribution in [3.8, 4) is 0 Å². The van der Waals surface area contributed by atoms with E-state index >= 15 is 0 Å². The highest BCUT2D eigenvalue weighted by atomic mass is 16.2. The first-order valence-corrected chi connectivity index (χ1v) is 6.67. The minimum atomic E-state index is 0.0722. The molecular formula is C16H20N2O. The summed E-state index contributed by atoms with van der Waals surface area (Å²) >= 11 is 0. The Kier molecular flexibility index (Phi) is 3.84. The molecule has 3 nitrogen and oxygen atoms in total. The van der Waals surface area contributed by atoms with Crippen molar-refractivity contribution in [2.75, 3.05) is 13.6 Å². The molecule has 0 radical (unpaired) electrons. The highest BCUT2D eigenvalue weighted by molar-refractivity contribution is 6.06. The maximum atomic E-state index is 12.5. The Labute approximate surface area is 114 Å². The minimum Gasteiger partial charge on any atom is -0.342 e. The number of amides is 1. The lowest BCUT2D eigenvalue weighted by Gasteiger charge is -2.18. The van der Waals surface area contributed by atoms with E-state index in [1.807, 2.05) is 45.2 Å². The molecular weight excluding hydrogens is 236 g/mol. The van der Waals surface area contributed by atoms with Gasteiger partial charge in [-0.1, -0.05) is 25.1 Å². The maximum absolute atomic E-state index is 12.5. The van der Waals surface area contributed by atoms with Crippen molar-refractivity contribution in [1.82, 2.24) is 9.88 Å². The summed E-state index contributed by atoms with van der Waals surface area (Å²) < 4.78 is 0. The number of hydrogen-bond acceptors (Lipinski definition) is 2. The molecule has 0 aliphatic heterocycles. The summed E-state index contributed by atoms with van der Waals surface area (Å²) in [5.74, 6) is 0.0722. The summed E-state index contributed by atoms with van der Waals surface area (Å²) in [7, 11) is 1.85. The predicted molar refractivity (Wildman–Crippen MR) is 78.5 cm³/mol. The van der Waals surface area contributed by atoms with Gasteiger partial charge >= 0.3 is 0 Å². The van der Waals surface area contributed by atoms with Crippen molar-refractivity contribution in [1.29, 1.82) is 0 Å². The van der Waals surface area contributed by atoms with Crippen LogP contribution in [0.5, 0.6) is 0 Å². The monoisotopic (exact) mass is 256 g/mol. The molecule has 0 unspecified atom stereocenters. The van der Waals surface area contributed by atoms with Crippen LogP contribution in [-0.2, 0) is 0 Å². The fourth-order valence-electron chi connectivity index (χ4n) is 2.34. The molecule has 0 N–H and O–H groups in total. The fraction of sp³-hybridized carbons (Fsp3) is 0.375. The van der Waals surface area contributed by atoms with E-state index in [9.17, 15) is 4.79 Å². The molecule has 0 fully saturated rings. The van der Waals surface area contributed by atoms with Crippen LogP contribution in [0, 0.1) is 13.8 Å². The third kappa shape index (κ3) is 2.60. The Morgan fingerprint density at radius 1 is 1.32 bits per heavy atom. The van der Waals surface area contributed by atoms with E-state index in [0.29, 0.717) is 0 Å². The Hall–Kier alpha value is -1.90. The van der Waals surface area contributed by atoms with Crippen molar-refractivity contribution in [3.63, 3.8) is 0 Å². The zero-order chi connectivity index (χ0) is 14.0. The average molecular weight is 256 g/mol. The number of aryl methyl sites for hydroxylation is 2. The number of nitrogens with zero attached hydrogens (tertiary/aromatic N) is 2. The van der Waals surface area contributed by atoms with Gasteiger partial charge in [-0.2, -0.15) is 0 Å². The van der Waals surface area contributed by atoms with E-state index in [2.05, 4.69) is 11.9 Å². The largest absolute Gasteiger partial charge is 0.342 e. The third-order valence-electron chi connectivity index (χ3n) is 3.31. The van der Waals surface area contributed by atoms with Crippen molar-refractivity contribution in [2.45, 2.75) is 27.2 Å². The molecule has 1 heterocycles. The van der Waals surface area contributed by atoms with Gasteiger partial charge in [0.1, 0.15) is 0 Å². The number of hydrogen-bond donors (Lipinski definition) is 0. The summed E-state index contributed by atoms with van der Waals surface area (Å²) in [6, 6.07) is 7.86. The molecule has 0 aliphatic rings. The summed E-state index contributed by atoms with van der Waals surface area (Å²) in [4.78, 5) is 18.8. The summed E-state index contributed by atoms with van der Waals surface area (Å²) in [5, 5.41) is 0.943. The van der Waals surface area contributed by atoms with Gasteiger partial charge in [0.05, 0.1) is 11.1 Å². The number of fused-ring (bicyclic) bond motifs is 1. The number of aromatic nitrogens is 1. The van der Waals surface area contributed by atoms with Gasteiger partial charge in [-0.25, -0.2) is 0 Å². The van der Waals surface area contributed by atoms with Crippen LogP contribution < -0.4 is 0 Å². The van der Waals surface area contributed by atoms with Crippen LogP contribution in [0.2, 0.25) is 0 Å². The first-order valence-electron chi connectivity index (χ1n) is 6.67. The minimum absolute atomic E-state index is 0.0722. The molecule has 0 atom stereocenters. The van der Waals surface area contributed by atoms with Crippen LogP contribution in [0.3, 0.4) is 0 Å². The zero-order valence-electron chi connectivity index (χ0n) is 12.0. The van der Waals surface area contributed by atoms with Gasteiger partial charge in [0.25, 0.3) is 5.91 Å². The number of rotatable bonds is 3. The Bertz CT molecular complexity index is 619. The van der Waals surface area contributed by atoms with Crippen molar-refractivity contribution >= 4 is 16.8 Å². The van der Waals surface area contributed by atoms with Gasteiger partial charge in [-0.3, -0.25) is 9.78 Å². The van der Waals surface area contributed by atoms with E-state index < -0.39 is 0 Å². The highest BCUT2D eigenvalue weighted by Crippen LogP contribution is 2.22. The van der Waals surface area contributed by atoms with Crippen LogP contribution in [0.25, 0.3) is 10.9 Å². The molecule has 3 heteroatoms. The van der Waals surface area contributed by atoms with E-state index in [4.69, 9.17) is 0 Å². The van der Waals surface area contributed by atoms with E-state index in [1.165, 1.54) is 0 Å². The summed E-state index contributed by atoms with van der Waals surface area (Å²) in [6.07, 6.45) is 0.962. The lowest BCUT2D eigenvalue weighted by Crippen LogP contribution is -2.27. The van der Waals surface area contributed by atoms with Crippen LogP contribution in [0.4, 0.5) is 0 Å². The van der Waals surface area contributed by atoms with E-state index in [1.54, 1.807) is 4.90 Å². The molecule has 0 saturated heterocycles. The van der Waals surface area contributed by atoms with Crippen molar-refractivity contribution in [2.24, 2.45) is 0 Å². The number of benzene rings is 1. The number of para-hydroxylation sites is 1. The molecule has 0 saturated carbocycles. The standard InChI is InChI=1S/C16H20N2O/c1-5-9-18(4)16(19)14-10-12(3)17-15-11(2)7-6-8-13(14)15/h6-8,10H,5,9H2,1-4H3. The van der Waals surface area contributed by atoms with Gasteiger partial charge in [0.2, 0.25) is 0 Å². The molecule has 1 aromatic carbocycles. The average Bonchev–Trinajstić information content (AvgIpc) is 2.38. The van der Waals surface area contributed by atoms with Crippen LogP contribution in [-0.4, -0.2) is 29.4 Å². The molecule has 0 bridgehead atoms. The SMILES string of the molecule is CCCN(C)C(=O)c1cc(C)nc2c(C)cccc12. The second-order valence-electron chi connectivity index (χ2n) is 5.01. The quantitative estimate of drug-likeness (QED) is 0.844. The Morgan fingerprint density at radius 3 is 2.74 bits per heavy atom. The fourth-order valence-corrected chi connectivity index (χ4v) is 2.34. The van der Waals surface area contributed by atoms with Gasteiger partial charge in [0, 0.05) is 24.7 Å². The van der Waals surface area contributed by atoms with Gasteiger partial charge < -0.3 is 4.90 Å². The molecule has 0 aliphatic carbocycles. The Morgan fingerprint density at radius 2 is 2.05 bits per heavy atom. The van der Waals surface area contributed by atoms with Gasteiger partial charge in [-0.15, -0.1) is 0 Å². The molecule has 0 spiro atoms. The molecule has 2 rings (SSSR count). The highest BCUT2D eigenvalue weighted by Gasteiger charge is 2.16. The van der Waals surface area contributed by atoms with Crippen LogP contribution >= 0.6 is 0 Å². The van der Waals surface area contributed by atoms with E-state index in [-0.39, 0.29) is 5.91 Å². The first-order chi connectivity index (χ1) is 9.04.